The number of halogens is 3. The van der Waals surface area contributed by atoms with Gasteiger partial charge in [-0.15, -0.1) is 0 Å². The van der Waals surface area contributed by atoms with Crippen LogP contribution >= 0.6 is 0 Å². The first kappa shape index (κ1) is 14.3. The Morgan fingerprint density at radius 3 is 2.60 bits per heavy atom. The van der Waals surface area contributed by atoms with E-state index in [1.807, 2.05) is 0 Å². The molecule has 0 aliphatic carbocycles. The Labute approximate surface area is 114 Å². The summed E-state index contributed by atoms with van der Waals surface area (Å²) in [6.45, 7) is 0.0817. The number of aliphatic hydroxyl groups is 1. The lowest BCUT2D eigenvalue weighted by Crippen LogP contribution is -2.14. The standard InChI is InChI=1S/C14H13F3N2O/c15-14(16,17)11-5-3-4-10(8-11)12(20)9-19-13-6-1-2-7-18-13/h1-8,12,20H,9H2,(H,18,19)/t12-/m1/s1. The van der Waals surface area contributed by atoms with E-state index in [-0.39, 0.29) is 12.1 Å². The highest BCUT2D eigenvalue weighted by Crippen LogP contribution is 2.30. The van der Waals surface area contributed by atoms with Gasteiger partial charge in [-0.1, -0.05) is 18.2 Å². The van der Waals surface area contributed by atoms with Crippen LogP contribution in [0, 0.1) is 0 Å². The highest BCUT2D eigenvalue weighted by atomic mass is 19.4. The predicted octanol–water partition coefficient (Wildman–Crippen LogP) is 3.25. The van der Waals surface area contributed by atoms with E-state index in [2.05, 4.69) is 10.3 Å². The number of hydrogen-bond acceptors (Lipinski definition) is 3. The van der Waals surface area contributed by atoms with Crippen molar-refractivity contribution in [2.24, 2.45) is 0 Å². The zero-order chi connectivity index (χ0) is 14.6. The second-order valence-electron chi connectivity index (χ2n) is 4.23. The van der Waals surface area contributed by atoms with Crippen molar-refractivity contribution in [3.05, 3.63) is 59.8 Å². The molecule has 0 aliphatic heterocycles. The Hall–Kier alpha value is -2.08. The van der Waals surface area contributed by atoms with E-state index in [1.165, 1.54) is 12.1 Å². The van der Waals surface area contributed by atoms with E-state index >= 15 is 0 Å². The summed E-state index contributed by atoms with van der Waals surface area (Å²) < 4.78 is 37.7. The van der Waals surface area contributed by atoms with Gasteiger partial charge in [-0.2, -0.15) is 13.2 Å². The molecule has 0 aliphatic rings. The zero-order valence-corrected chi connectivity index (χ0v) is 10.4. The molecule has 20 heavy (non-hydrogen) atoms. The van der Waals surface area contributed by atoms with Crippen LogP contribution in [-0.2, 0) is 6.18 Å². The van der Waals surface area contributed by atoms with E-state index in [0.29, 0.717) is 5.82 Å². The molecule has 1 atom stereocenters. The second-order valence-corrected chi connectivity index (χ2v) is 4.23. The molecule has 0 radical (unpaired) electrons. The molecular weight excluding hydrogens is 269 g/mol. The first-order valence-corrected chi connectivity index (χ1v) is 5.97. The Bertz CT molecular complexity index is 558. The Balaban J connectivity index is 2.04. The number of nitrogens with zero attached hydrogens (tertiary/aromatic N) is 1. The molecule has 0 unspecified atom stereocenters. The number of aliphatic hydroxyl groups excluding tert-OH is 1. The number of aromatic nitrogens is 1. The molecule has 2 N–H and O–H groups in total. The number of rotatable bonds is 4. The molecule has 3 nitrogen and oxygen atoms in total. The molecule has 0 bridgehead atoms. The van der Waals surface area contributed by atoms with Crippen LogP contribution in [0.5, 0.6) is 0 Å². The number of hydrogen-bond donors (Lipinski definition) is 2. The van der Waals surface area contributed by atoms with Gasteiger partial charge in [0.05, 0.1) is 11.7 Å². The molecule has 1 aromatic carbocycles. The maximum absolute atomic E-state index is 12.6. The van der Waals surface area contributed by atoms with Crippen molar-refractivity contribution in [1.82, 2.24) is 4.98 Å². The normalized spacial score (nSPS) is 13.0. The molecule has 2 rings (SSSR count). The molecule has 2 aromatic rings. The summed E-state index contributed by atoms with van der Waals surface area (Å²) in [5.41, 5.74) is -0.560. The molecule has 1 heterocycles. The van der Waals surface area contributed by atoms with Crippen molar-refractivity contribution in [2.75, 3.05) is 11.9 Å². The third kappa shape index (κ3) is 3.71. The SMILES string of the molecule is O[C@H](CNc1ccccn1)c1cccc(C(F)(F)F)c1. The van der Waals surface area contributed by atoms with Gasteiger partial charge in [0.25, 0.3) is 0 Å². The van der Waals surface area contributed by atoms with Crippen LogP contribution < -0.4 is 5.32 Å². The first-order valence-electron chi connectivity index (χ1n) is 5.97. The maximum Gasteiger partial charge on any atom is 0.416 e. The lowest BCUT2D eigenvalue weighted by Gasteiger charge is -2.14. The van der Waals surface area contributed by atoms with Crippen LogP contribution in [0.2, 0.25) is 0 Å². The van der Waals surface area contributed by atoms with Crippen LogP contribution in [-0.4, -0.2) is 16.6 Å². The van der Waals surface area contributed by atoms with Crippen molar-refractivity contribution < 1.29 is 18.3 Å². The minimum absolute atomic E-state index is 0.0817. The van der Waals surface area contributed by atoms with Gasteiger partial charge in [0.15, 0.2) is 0 Å². The smallest absolute Gasteiger partial charge is 0.387 e. The Morgan fingerprint density at radius 2 is 1.95 bits per heavy atom. The quantitative estimate of drug-likeness (QED) is 0.904. The predicted molar refractivity (Wildman–Crippen MR) is 69.1 cm³/mol. The lowest BCUT2D eigenvalue weighted by molar-refractivity contribution is -0.137. The summed E-state index contributed by atoms with van der Waals surface area (Å²) in [5.74, 6) is 0.554. The fourth-order valence-electron chi connectivity index (χ4n) is 1.71. The fraction of sp³-hybridized carbons (Fsp3) is 0.214. The average Bonchev–Trinajstić information content (AvgIpc) is 2.45. The summed E-state index contributed by atoms with van der Waals surface area (Å²) in [5, 5.41) is 12.8. The summed E-state index contributed by atoms with van der Waals surface area (Å²) in [4.78, 5) is 4.00. The van der Waals surface area contributed by atoms with Crippen molar-refractivity contribution in [3.8, 4) is 0 Å². The largest absolute Gasteiger partial charge is 0.416 e. The number of benzene rings is 1. The van der Waals surface area contributed by atoms with Crippen molar-refractivity contribution in [3.63, 3.8) is 0 Å². The molecule has 6 heteroatoms. The summed E-state index contributed by atoms with van der Waals surface area (Å²) >= 11 is 0. The Kier molecular flexibility index (Phi) is 4.24. The molecule has 0 spiro atoms. The molecule has 0 saturated carbocycles. The van der Waals surface area contributed by atoms with Crippen molar-refractivity contribution in [1.29, 1.82) is 0 Å². The highest BCUT2D eigenvalue weighted by Gasteiger charge is 2.30. The third-order valence-electron chi connectivity index (χ3n) is 2.74. The maximum atomic E-state index is 12.6. The van der Waals surface area contributed by atoms with E-state index < -0.39 is 17.8 Å². The number of pyridine rings is 1. The van der Waals surface area contributed by atoms with Crippen LogP contribution in [0.3, 0.4) is 0 Å². The van der Waals surface area contributed by atoms with E-state index in [9.17, 15) is 18.3 Å². The fourth-order valence-corrected chi connectivity index (χ4v) is 1.71. The number of anilines is 1. The van der Waals surface area contributed by atoms with Gasteiger partial charge in [-0.25, -0.2) is 4.98 Å². The second kappa shape index (κ2) is 5.92. The Morgan fingerprint density at radius 1 is 1.15 bits per heavy atom. The minimum Gasteiger partial charge on any atom is -0.387 e. The monoisotopic (exact) mass is 282 g/mol. The van der Waals surface area contributed by atoms with E-state index in [0.717, 1.165) is 12.1 Å². The topological polar surface area (TPSA) is 45.1 Å². The van der Waals surface area contributed by atoms with Gasteiger partial charge in [0.2, 0.25) is 0 Å². The molecule has 1 aromatic heterocycles. The minimum atomic E-state index is -4.41. The van der Waals surface area contributed by atoms with Gasteiger partial charge < -0.3 is 10.4 Å². The third-order valence-corrected chi connectivity index (χ3v) is 2.74. The summed E-state index contributed by atoms with van der Waals surface area (Å²) in [6, 6.07) is 9.88. The van der Waals surface area contributed by atoms with Crippen LogP contribution in [0.25, 0.3) is 0 Å². The van der Waals surface area contributed by atoms with Gasteiger partial charge in [0.1, 0.15) is 5.82 Å². The van der Waals surface area contributed by atoms with E-state index in [4.69, 9.17) is 0 Å². The molecular formula is C14H13F3N2O. The van der Waals surface area contributed by atoms with Gasteiger partial charge in [-0.05, 0) is 29.8 Å². The molecule has 0 saturated heterocycles. The average molecular weight is 282 g/mol. The van der Waals surface area contributed by atoms with Gasteiger partial charge in [-0.3, -0.25) is 0 Å². The van der Waals surface area contributed by atoms with Crippen LogP contribution in [0.1, 0.15) is 17.2 Å². The van der Waals surface area contributed by atoms with Crippen molar-refractivity contribution >= 4 is 5.82 Å². The summed E-state index contributed by atoms with van der Waals surface area (Å²) in [6.07, 6.45) is -3.87. The van der Waals surface area contributed by atoms with E-state index in [1.54, 1.807) is 24.4 Å². The highest BCUT2D eigenvalue weighted by molar-refractivity contribution is 5.34. The van der Waals surface area contributed by atoms with Gasteiger partial charge >= 0.3 is 6.18 Å². The number of nitrogens with one attached hydrogen (secondary N) is 1. The van der Waals surface area contributed by atoms with Gasteiger partial charge in [0, 0.05) is 12.7 Å². The molecule has 0 fully saturated rings. The lowest BCUT2D eigenvalue weighted by atomic mass is 10.1. The first-order chi connectivity index (χ1) is 9.47. The van der Waals surface area contributed by atoms with Crippen LogP contribution in [0.4, 0.5) is 19.0 Å². The zero-order valence-electron chi connectivity index (χ0n) is 10.4. The molecule has 106 valence electrons. The summed E-state index contributed by atoms with van der Waals surface area (Å²) in [7, 11) is 0. The van der Waals surface area contributed by atoms with Crippen molar-refractivity contribution in [2.45, 2.75) is 12.3 Å². The molecule has 0 amide bonds. The van der Waals surface area contributed by atoms with Crippen LogP contribution in [0.15, 0.2) is 48.7 Å². The number of alkyl halides is 3.